The van der Waals surface area contributed by atoms with Gasteiger partial charge in [-0.15, -0.1) is 0 Å². The second kappa shape index (κ2) is 12.6. The van der Waals surface area contributed by atoms with E-state index < -0.39 is 28.5 Å². The minimum Gasteiger partial charge on any atom is -0.384 e. The van der Waals surface area contributed by atoms with Crippen molar-refractivity contribution in [3.63, 3.8) is 0 Å². The molecule has 1 unspecified atom stereocenters. The van der Waals surface area contributed by atoms with Gasteiger partial charge in [-0.2, -0.15) is 0 Å². The van der Waals surface area contributed by atoms with Crippen LogP contribution in [0.5, 0.6) is 0 Å². The van der Waals surface area contributed by atoms with Crippen molar-refractivity contribution in [2.24, 2.45) is 11.7 Å². The summed E-state index contributed by atoms with van der Waals surface area (Å²) in [5, 5.41) is 8.98. The first-order chi connectivity index (χ1) is 19.1. The molecule has 1 aliphatic rings. The predicted molar refractivity (Wildman–Crippen MR) is 156 cm³/mol. The molecule has 4 rings (SSSR count). The molecule has 3 aromatic rings. The maximum Gasteiger partial charge on any atom is 0.245 e. The number of nitrogen functional groups attached to an aromatic ring is 1. The van der Waals surface area contributed by atoms with Crippen LogP contribution < -0.4 is 10.5 Å². The van der Waals surface area contributed by atoms with Crippen molar-refractivity contribution in [3.05, 3.63) is 77.9 Å². The van der Waals surface area contributed by atoms with Gasteiger partial charge < -0.3 is 15.5 Å². The first-order valence-electron chi connectivity index (χ1n) is 13.6. The van der Waals surface area contributed by atoms with E-state index >= 15 is 0 Å². The number of benzene rings is 3. The lowest BCUT2D eigenvalue weighted by molar-refractivity contribution is -0.146. The van der Waals surface area contributed by atoms with Crippen molar-refractivity contribution < 1.29 is 18.0 Å². The van der Waals surface area contributed by atoms with Crippen LogP contribution in [0.3, 0.4) is 0 Å². The third-order valence-corrected chi connectivity index (χ3v) is 9.02. The molecule has 2 amide bonds. The van der Waals surface area contributed by atoms with Gasteiger partial charge in [0.1, 0.15) is 11.9 Å². The molecule has 0 spiro atoms. The number of amidine groups is 1. The van der Waals surface area contributed by atoms with Gasteiger partial charge in [-0.3, -0.25) is 15.0 Å². The summed E-state index contributed by atoms with van der Waals surface area (Å²) < 4.78 is 28.9. The van der Waals surface area contributed by atoms with Crippen LogP contribution >= 0.6 is 0 Å². The van der Waals surface area contributed by atoms with Crippen LogP contribution in [0.15, 0.2) is 71.6 Å². The van der Waals surface area contributed by atoms with E-state index in [0.29, 0.717) is 30.0 Å². The number of hydrogen-bond donors (Lipinski definition) is 3. The Hall–Kier alpha value is -3.76. The Morgan fingerprint density at radius 2 is 1.70 bits per heavy atom. The summed E-state index contributed by atoms with van der Waals surface area (Å²) in [5.74, 6) is -0.135. The molecule has 10 heteroatoms. The zero-order valence-electron chi connectivity index (χ0n) is 23.0. The average Bonchev–Trinajstić information content (AvgIpc) is 2.96. The molecule has 1 heterocycles. The minimum absolute atomic E-state index is 0.0505. The quantitative estimate of drug-likeness (QED) is 0.257. The van der Waals surface area contributed by atoms with Crippen LogP contribution in [-0.4, -0.2) is 68.1 Å². The lowest BCUT2D eigenvalue weighted by atomic mass is 9.96. The number of hydrogen-bond acceptors (Lipinski definition) is 5. The summed E-state index contributed by atoms with van der Waals surface area (Å²) in [5.41, 5.74) is 6.97. The van der Waals surface area contributed by atoms with E-state index in [1.165, 1.54) is 11.0 Å². The van der Waals surface area contributed by atoms with E-state index in [2.05, 4.69) is 11.6 Å². The number of nitrogens with two attached hydrogens (primary N) is 1. The van der Waals surface area contributed by atoms with Gasteiger partial charge in [-0.25, -0.2) is 13.1 Å². The van der Waals surface area contributed by atoms with Crippen LogP contribution in [0.1, 0.15) is 37.8 Å². The van der Waals surface area contributed by atoms with Crippen molar-refractivity contribution >= 4 is 38.4 Å². The smallest absolute Gasteiger partial charge is 0.245 e. The lowest BCUT2D eigenvalue weighted by Crippen LogP contribution is -2.55. The van der Waals surface area contributed by atoms with Gasteiger partial charge in [0.2, 0.25) is 21.8 Å². The van der Waals surface area contributed by atoms with Crippen LogP contribution in [0, 0.1) is 11.3 Å². The topological polar surface area (TPSA) is 137 Å². The van der Waals surface area contributed by atoms with Crippen molar-refractivity contribution in [2.45, 2.75) is 44.0 Å². The summed E-state index contributed by atoms with van der Waals surface area (Å²) in [6.45, 7) is 4.97. The predicted octanol–water partition coefficient (Wildman–Crippen LogP) is 3.12. The molecule has 9 nitrogen and oxygen atoms in total. The maximum absolute atomic E-state index is 13.8. The molecular formula is C30H37N5O4S. The molecule has 1 aliphatic heterocycles. The van der Waals surface area contributed by atoms with Gasteiger partial charge in [0.15, 0.2) is 0 Å². The van der Waals surface area contributed by atoms with Crippen molar-refractivity contribution in [2.75, 3.05) is 26.2 Å². The molecule has 1 atom stereocenters. The van der Waals surface area contributed by atoms with Gasteiger partial charge >= 0.3 is 0 Å². The largest absolute Gasteiger partial charge is 0.384 e. The molecule has 40 heavy (non-hydrogen) atoms. The normalized spacial score (nSPS) is 15.1. The van der Waals surface area contributed by atoms with Gasteiger partial charge in [0, 0.05) is 37.0 Å². The second-order valence-corrected chi connectivity index (χ2v) is 12.1. The first kappa shape index (κ1) is 29.2. The van der Waals surface area contributed by atoms with Gasteiger partial charge in [-0.1, -0.05) is 67.6 Å². The Labute approximate surface area is 235 Å². The highest BCUT2D eigenvalue weighted by Crippen LogP contribution is 2.23. The summed E-state index contributed by atoms with van der Waals surface area (Å²) in [6, 6.07) is 18.4. The SMILES string of the molecule is CCN(C(=O)CNS(=O)(=O)c1cccc2ccccc12)C(Cc1ccc(C(=N)N)cc1)C(=O)N1CCC(C)CC1. The van der Waals surface area contributed by atoms with E-state index in [-0.39, 0.29) is 29.6 Å². The maximum atomic E-state index is 13.8. The highest BCUT2D eigenvalue weighted by atomic mass is 32.2. The number of nitrogens with zero attached hydrogens (tertiary/aromatic N) is 2. The van der Waals surface area contributed by atoms with Crippen LogP contribution in [0.2, 0.25) is 0 Å². The second-order valence-electron chi connectivity index (χ2n) is 10.3. The van der Waals surface area contributed by atoms with Crippen molar-refractivity contribution in [1.82, 2.24) is 14.5 Å². The Balaban J connectivity index is 1.56. The van der Waals surface area contributed by atoms with Gasteiger partial charge in [0.05, 0.1) is 11.4 Å². The van der Waals surface area contributed by atoms with Crippen LogP contribution in [0.25, 0.3) is 10.8 Å². The first-order valence-corrected chi connectivity index (χ1v) is 15.1. The van der Waals surface area contributed by atoms with Gasteiger partial charge in [-0.05, 0) is 42.7 Å². The van der Waals surface area contributed by atoms with Gasteiger partial charge in [0.25, 0.3) is 0 Å². The molecule has 0 aliphatic carbocycles. The number of fused-ring (bicyclic) bond motifs is 1. The molecule has 1 saturated heterocycles. The molecule has 0 bridgehead atoms. The summed E-state index contributed by atoms with van der Waals surface area (Å²) >= 11 is 0. The number of rotatable bonds is 10. The van der Waals surface area contributed by atoms with Crippen LogP contribution in [0.4, 0.5) is 0 Å². The Morgan fingerprint density at radius 1 is 1.05 bits per heavy atom. The number of likely N-dealkylation sites (tertiary alicyclic amines) is 1. The number of sulfonamides is 1. The third-order valence-electron chi connectivity index (χ3n) is 7.56. The molecule has 0 saturated carbocycles. The van der Waals surface area contributed by atoms with E-state index in [1.807, 2.05) is 23.1 Å². The molecule has 0 aromatic heterocycles. The monoisotopic (exact) mass is 563 g/mol. The zero-order chi connectivity index (χ0) is 28.9. The Bertz CT molecular complexity index is 1480. The van der Waals surface area contributed by atoms with E-state index in [0.717, 1.165) is 23.8 Å². The number of carbonyl (C=O) groups is 2. The highest BCUT2D eigenvalue weighted by Gasteiger charge is 2.34. The summed E-state index contributed by atoms with van der Waals surface area (Å²) in [6.07, 6.45) is 2.06. The average molecular weight is 564 g/mol. The molecule has 0 radical (unpaired) electrons. The highest BCUT2D eigenvalue weighted by molar-refractivity contribution is 7.89. The number of piperidine rings is 1. The van der Waals surface area contributed by atoms with Crippen LogP contribution in [-0.2, 0) is 26.0 Å². The molecule has 1 fully saturated rings. The molecule has 212 valence electrons. The number of likely N-dealkylation sites (N-methyl/N-ethyl adjacent to an activating group) is 1. The van der Waals surface area contributed by atoms with E-state index in [1.54, 1.807) is 49.4 Å². The molecule has 4 N–H and O–H groups in total. The number of nitrogens with one attached hydrogen (secondary N) is 2. The zero-order valence-corrected chi connectivity index (χ0v) is 23.8. The summed E-state index contributed by atoms with van der Waals surface area (Å²) in [7, 11) is -3.99. The molecule has 3 aromatic carbocycles. The fourth-order valence-corrected chi connectivity index (χ4v) is 6.35. The minimum atomic E-state index is -3.99. The van der Waals surface area contributed by atoms with Crippen molar-refractivity contribution in [1.29, 1.82) is 5.41 Å². The number of amides is 2. The standard InChI is InChI=1S/C30H37N5O4S/c1-3-35(28(36)20-33-40(38,39)27-10-6-8-23-7-4-5-9-25(23)27)26(30(37)34-17-15-21(2)16-18-34)19-22-11-13-24(14-12-22)29(31)32/h4-14,21,26,33H,3,15-20H2,1-2H3,(H3,31,32). The number of carbonyl (C=O) groups excluding carboxylic acids is 2. The van der Waals surface area contributed by atoms with E-state index in [4.69, 9.17) is 11.1 Å². The van der Waals surface area contributed by atoms with E-state index in [9.17, 15) is 18.0 Å². The fraction of sp³-hybridized carbons (Fsp3) is 0.367. The Kier molecular flexibility index (Phi) is 9.21. The summed E-state index contributed by atoms with van der Waals surface area (Å²) in [4.78, 5) is 30.7. The fourth-order valence-electron chi connectivity index (χ4n) is 5.15. The lowest BCUT2D eigenvalue weighted by Gasteiger charge is -2.37. The van der Waals surface area contributed by atoms with Crippen molar-refractivity contribution in [3.8, 4) is 0 Å². The third kappa shape index (κ3) is 6.68. The Morgan fingerprint density at radius 3 is 2.35 bits per heavy atom. The molecular weight excluding hydrogens is 526 g/mol.